The van der Waals surface area contributed by atoms with Crippen LogP contribution >= 0.6 is 7.60 Å². The van der Waals surface area contributed by atoms with Gasteiger partial charge in [-0.1, -0.05) is 36.4 Å². The van der Waals surface area contributed by atoms with Gasteiger partial charge in [-0.25, -0.2) is 9.59 Å². The highest BCUT2D eigenvalue weighted by Gasteiger charge is 2.37. The fourth-order valence-electron chi connectivity index (χ4n) is 3.04. The van der Waals surface area contributed by atoms with Crippen molar-refractivity contribution >= 4 is 36.2 Å². The Morgan fingerprint density at radius 3 is 1.65 bits per heavy atom. The zero-order chi connectivity index (χ0) is 25.4. The monoisotopic (exact) mass is 522 g/mol. The minimum atomic E-state index is -3.45. The summed E-state index contributed by atoms with van der Waals surface area (Å²) in [6, 6.07) is 17.1. The number of carbonyl (C=O) groups excluding carboxylic acids is 2. The fourth-order valence-corrected chi connectivity index (χ4v) is 11.5. The summed E-state index contributed by atoms with van der Waals surface area (Å²) in [6.45, 7) is 11.5. The van der Waals surface area contributed by atoms with Crippen molar-refractivity contribution in [2.24, 2.45) is 0 Å². The van der Waals surface area contributed by atoms with Crippen LogP contribution in [0.15, 0.2) is 60.7 Å². The minimum Gasteiger partial charge on any atom is -0.458 e. The number of hydrogen-bond donors (Lipinski definition) is 0. The molecule has 0 heterocycles. The van der Waals surface area contributed by atoms with Gasteiger partial charge in [-0.15, -0.1) is 0 Å². The molecule has 0 N–H and O–H groups in total. The Labute approximate surface area is 204 Å². The van der Waals surface area contributed by atoms with Gasteiger partial charge in [-0.05, 0) is 70.0 Å². The molecule has 0 aliphatic carbocycles. The van der Waals surface area contributed by atoms with Gasteiger partial charge in [0.1, 0.15) is 12.7 Å². The van der Waals surface area contributed by atoms with Crippen molar-refractivity contribution in [1.82, 2.24) is 0 Å². The van der Waals surface area contributed by atoms with Crippen molar-refractivity contribution in [3.63, 3.8) is 0 Å². The van der Waals surface area contributed by atoms with E-state index in [0.29, 0.717) is 11.1 Å². The molecule has 0 spiro atoms. The standard InChI is InChI=1S/C24H35O7PSi2/c1-33(2,3)30-32(27,31-34(4,5)6)18-17-22(29-24(26)21-15-11-8-12-16-21)19-28-23(25)20-13-9-7-10-14-20/h7-16,22H,17-19H2,1-6H3. The molecular weight excluding hydrogens is 487 g/mol. The zero-order valence-corrected chi connectivity index (χ0v) is 23.7. The highest BCUT2D eigenvalue weighted by molar-refractivity contribution is 7.57. The SMILES string of the molecule is C[Si](C)(C)OP(=O)(CCC(COC(=O)c1ccccc1)OC(=O)c1ccccc1)O[Si](C)(C)C. The Morgan fingerprint density at radius 1 is 0.765 bits per heavy atom. The van der Waals surface area contributed by atoms with E-state index in [2.05, 4.69) is 0 Å². The van der Waals surface area contributed by atoms with Crippen LogP contribution in [0.5, 0.6) is 0 Å². The van der Waals surface area contributed by atoms with Crippen LogP contribution in [0.4, 0.5) is 0 Å². The summed E-state index contributed by atoms with van der Waals surface area (Å²) >= 11 is 0. The van der Waals surface area contributed by atoms with Crippen LogP contribution in [0.1, 0.15) is 27.1 Å². The van der Waals surface area contributed by atoms with E-state index in [1.807, 2.05) is 39.3 Å². The van der Waals surface area contributed by atoms with Crippen molar-refractivity contribution in [2.75, 3.05) is 12.8 Å². The smallest absolute Gasteiger partial charge is 0.338 e. The van der Waals surface area contributed by atoms with Gasteiger partial charge in [-0.2, -0.15) is 0 Å². The summed E-state index contributed by atoms with van der Waals surface area (Å²) in [7, 11) is -7.82. The normalized spacial score (nSPS) is 13.2. The summed E-state index contributed by atoms with van der Waals surface area (Å²) in [5.41, 5.74) is 0.771. The molecule has 0 bridgehead atoms. The minimum absolute atomic E-state index is 0.0527. The summed E-state index contributed by atoms with van der Waals surface area (Å²) in [4.78, 5) is 25.1. The predicted octanol–water partition coefficient (Wildman–Crippen LogP) is 6.36. The van der Waals surface area contributed by atoms with Gasteiger partial charge in [-0.3, -0.25) is 4.57 Å². The molecular formula is C24H35O7PSi2. The van der Waals surface area contributed by atoms with Crippen molar-refractivity contribution in [3.8, 4) is 0 Å². The number of hydrogen-bond acceptors (Lipinski definition) is 7. The number of benzene rings is 2. The van der Waals surface area contributed by atoms with Crippen LogP contribution in [-0.4, -0.2) is 47.4 Å². The lowest BCUT2D eigenvalue weighted by Gasteiger charge is -2.31. The van der Waals surface area contributed by atoms with E-state index in [1.54, 1.807) is 60.7 Å². The number of carbonyl (C=O) groups is 2. The topological polar surface area (TPSA) is 88.1 Å². The first kappa shape index (κ1) is 28.2. The molecule has 0 aromatic heterocycles. The molecule has 7 nitrogen and oxygen atoms in total. The van der Waals surface area contributed by atoms with Crippen molar-refractivity contribution < 1.29 is 32.1 Å². The van der Waals surface area contributed by atoms with Crippen molar-refractivity contribution in [1.29, 1.82) is 0 Å². The van der Waals surface area contributed by atoms with Gasteiger partial charge in [0, 0.05) is 0 Å². The van der Waals surface area contributed by atoms with E-state index >= 15 is 0 Å². The van der Waals surface area contributed by atoms with Crippen LogP contribution in [0.3, 0.4) is 0 Å². The van der Waals surface area contributed by atoms with Gasteiger partial charge in [0.05, 0.1) is 17.3 Å². The maximum Gasteiger partial charge on any atom is 0.338 e. The van der Waals surface area contributed by atoms with Gasteiger partial charge >= 0.3 is 19.5 Å². The van der Waals surface area contributed by atoms with Gasteiger partial charge in [0.15, 0.2) is 16.6 Å². The quantitative estimate of drug-likeness (QED) is 0.182. The van der Waals surface area contributed by atoms with Gasteiger partial charge in [0.25, 0.3) is 0 Å². The first-order chi connectivity index (χ1) is 15.8. The average molecular weight is 523 g/mol. The summed E-state index contributed by atoms with van der Waals surface area (Å²) in [5.74, 6) is -1.07. The Balaban J connectivity index is 2.16. The average Bonchev–Trinajstić information content (AvgIpc) is 2.74. The molecule has 2 aromatic rings. The molecule has 2 aromatic carbocycles. The Hall–Kier alpha value is -2.04. The maximum absolute atomic E-state index is 13.6. The molecule has 34 heavy (non-hydrogen) atoms. The van der Waals surface area contributed by atoms with E-state index in [1.165, 1.54) is 0 Å². The molecule has 2 rings (SSSR count). The molecule has 0 radical (unpaired) electrons. The van der Waals surface area contributed by atoms with Gasteiger partial charge < -0.3 is 17.9 Å². The molecule has 0 aliphatic heterocycles. The Morgan fingerprint density at radius 2 is 1.21 bits per heavy atom. The first-order valence-electron chi connectivity index (χ1n) is 11.3. The maximum atomic E-state index is 13.6. The van der Waals surface area contributed by atoms with E-state index in [9.17, 15) is 14.2 Å². The highest BCUT2D eigenvalue weighted by Crippen LogP contribution is 2.53. The molecule has 10 heteroatoms. The first-order valence-corrected chi connectivity index (χ1v) is 19.8. The van der Waals surface area contributed by atoms with E-state index in [4.69, 9.17) is 17.9 Å². The molecule has 0 fully saturated rings. The molecule has 1 unspecified atom stereocenters. The lowest BCUT2D eigenvalue weighted by atomic mass is 10.2. The Bertz CT molecular complexity index is 966. The lowest BCUT2D eigenvalue weighted by Crippen LogP contribution is -2.32. The summed E-state index contributed by atoms with van der Waals surface area (Å²) in [5, 5.41) is 0. The van der Waals surface area contributed by atoms with Gasteiger partial charge in [0.2, 0.25) is 0 Å². The van der Waals surface area contributed by atoms with E-state index < -0.39 is 42.3 Å². The van der Waals surface area contributed by atoms with E-state index in [-0.39, 0.29) is 19.2 Å². The van der Waals surface area contributed by atoms with Crippen LogP contribution in [0.25, 0.3) is 0 Å². The van der Waals surface area contributed by atoms with Crippen molar-refractivity contribution in [3.05, 3.63) is 71.8 Å². The number of esters is 2. The lowest BCUT2D eigenvalue weighted by molar-refractivity contribution is -0.00148. The second-order valence-corrected chi connectivity index (χ2v) is 21.5. The van der Waals surface area contributed by atoms with E-state index in [0.717, 1.165) is 0 Å². The zero-order valence-electron chi connectivity index (χ0n) is 20.8. The predicted molar refractivity (Wildman–Crippen MR) is 138 cm³/mol. The number of rotatable bonds is 12. The third-order valence-corrected chi connectivity index (χ3v) is 11.7. The molecule has 1 atom stereocenters. The second kappa shape index (κ2) is 12.1. The Kier molecular flexibility index (Phi) is 10.0. The molecule has 0 saturated heterocycles. The van der Waals surface area contributed by atoms with Crippen LogP contribution in [-0.2, 0) is 22.5 Å². The third-order valence-electron chi connectivity index (χ3n) is 4.24. The second-order valence-electron chi connectivity index (χ2n) is 9.89. The fraction of sp³-hybridized carbons (Fsp3) is 0.417. The molecule has 0 aliphatic rings. The molecule has 0 saturated carbocycles. The largest absolute Gasteiger partial charge is 0.458 e. The van der Waals surface area contributed by atoms with Crippen molar-refractivity contribution in [2.45, 2.75) is 51.8 Å². The van der Waals surface area contributed by atoms with Crippen LogP contribution in [0.2, 0.25) is 39.3 Å². The summed E-state index contributed by atoms with van der Waals surface area (Å²) < 4.78 is 36.7. The van der Waals surface area contributed by atoms with Crippen LogP contribution in [0, 0.1) is 0 Å². The third kappa shape index (κ3) is 10.5. The number of ether oxygens (including phenoxy) is 2. The highest BCUT2D eigenvalue weighted by atomic mass is 31.2. The van der Waals surface area contributed by atoms with Crippen LogP contribution < -0.4 is 0 Å². The molecule has 0 amide bonds. The summed E-state index contributed by atoms with van der Waals surface area (Å²) in [6.07, 6.45) is -0.603. The molecule has 186 valence electrons.